The normalized spacial score (nSPS) is 12.2. The fourth-order valence-corrected chi connectivity index (χ4v) is 2.54. The highest BCUT2D eigenvalue weighted by Gasteiger charge is 2.20. The molecule has 1 aromatic heterocycles. The van der Waals surface area contributed by atoms with Gasteiger partial charge in [-0.2, -0.15) is 0 Å². The number of halogens is 1. The summed E-state index contributed by atoms with van der Waals surface area (Å²) in [6.07, 6.45) is 0. The average molecular weight is 338 g/mol. The number of nitrogens with zero attached hydrogens (tertiary/aromatic N) is 1. The van der Waals surface area contributed by atoms with E-state index in [2.05, 4.69) is 26.4 Å². The number of hydrogen-bond donors (Lipinski definition) is 2. The van der Waals surface area contributed by atoms with Gasteiger partial charge in [-0.25, -0.2) is 0 Å². The van der Waals surface area contributed by atoms with E-state index in [1.807, 2.05) is 20.8 Å². The Morgan fingerprint density at radius 3 is 2.75 bits per heavy atom. The van der Waals surface area contributed by atoms with Crippen molar-refractivity contribution in [2.24, 2.45) is 0 Å². The molecule has 5 nitrogen and oxygen atoms in total. The second kappa shape index (κ2) is 5.66. The molecular formula is C14H16BrN3O2. The van der Waals surface area contributed by atoms with E-state index in [9.17, 15) is 4.79 Å². The van der Waals surface area contributed by atoms with Gasteiger partial charge >= 0.3 is 0 Å². The number of aromatic nitrogens is 1. The second-order valence-corrected chi connectivity index (χ2v) is 5.58. The van der Waals surface area contributed by atoms with Crippen LogP contribution in [-0.4, -0.2) is 11.1 Å². The summed E-state index contributed by atoms with van der Waals surface area (Å²) in [5.41, 5.74) is 8.39. The van der Waals surface area contributed by atoms with E-state index >= 15 is 0 Å². The Morgan fingerprint density at radius 1 is 1.45 bits per heavy atom. The van der Waals surface area contributed by atoms with E-state index in [-0.39, 0.29) is 11.9 Å². The van der Waals surface area contributed by atoms with Crippen LogP contribution in [-0.2, 0) is 0 Å². The lowest BCUT2D eigenvalue weighted by Gasteiger charge is -2.15. The molecule has 0 radical (unpaired) electrons. The van der Waals surface area contributed by atoms with Gasteiger partial charge < -0.3 is 15.6 Å². The molecule has 0 aliphatic heterocycles. The summed E-state index contributed by atoms with van der Waals surface area (Å²) in [6.45, 7) is 5.56. The maximum atomic E-state index is 12.3. The van der Waals surface area contributed by atoms with E-state index in [0.717, 1.165) is 15.7 Å². The van der Waals surface area contributed by atoms with Gasteiger partial charge in [0.15, 0.2) is 0 Å². The standard InChI is InChI=1S/C14H16BrN3O2/c1-7(13-8(2)18-20-9(13)3)17-14(19)11-6-10(15)4-5-12(11)16/h4-7H,16H2,1-3H3,(H,17,19). The first-order valence-electron chi connectivity index (χ1n) is 6.18. The third-order valence-corrected chi connectivity index (χ3v) is 3.62. The zero-order valence-corrected chi connectivity index (χ0v) is 13.1. The maximum Gasteiger partial charge on any atom is 0.253 e. The number of nitrogens with two attached hydrogens (primary N) is 1. The van der Waals surface area contributed by atoms with Crippen LogP contribution >= 0.6 is 15.9 Å². The smallest absolute Gasteiger partial charge is 0.253 e. The summed E-state index contributed by atoms with van der Waals surface area (Å²) in [5, 5.41) is 6.80. The monoisotopic (exact) mass is 337 g/mol. The molecule has 0 saturated carbocycles. The highest BCUT2D eigenvalue weighted by molar-refractivity contribution is 9.10. The second-order valence-electron chi connectivity index (χ2n) is 4.66. The van der Waals surface area contributed by atoms with Crippen LogP contribution in [0.1, 0.15) is 40.3 Å². The Kier molecular flexibility index (Phi) is 4.13. The number of aryl methyl sites for hydroxylation is 2. The minimum absolute atomic E-state index is 0.202. The summed E-state index contributed by atoms with van der Waals surface area (Å²) in [6, 6.07) is 4.99. The molecule has 6 heteroatoms. The summed E-state index contributed by atoms with van der Waals surface area (Å²) in [4.78, 5) is 12.3. The van der Waals surface area contributed by atoms with Crippen molar-refractivity contribution in [3.05, 3.63) is 45.3 Å². The first-order valence-corrected chi connectivity index (χ1v) is 6.98. The molecule has 1 heterocycles. The van der Waals surface area contributed by atoms with Gasteiger partial charge in [-0.05, 0) is 39.0 Å². The molecule has 1 unspecified atom stereocenters. The number of hydrogen-bond acceptors (Lipinski definition) is 4. The van der Waals surface area contributed by atoms with Gasteiger partial charge in [0, 0.05) is 15.7 Å². The van der Waals surface area contributed by atoms with E-state index < -0.39 is 0 Å². The zero-order valence-electron chi connectivity index (χ0n) is 11.5. The third kappa shape index (κ3) is 2.85. The molecule has 0 saturated heterocycles. The molecule has 0 fully saturated rings. The van der Waals surface area contributed by atoms with E-state index in [1.54, 1.807) is 18.2 Å². The van der Waals surface area contributed by atoms with Crippen molar-refractivity contribution in [3.8, 4) is 0 Å². The number of benzene rings is 1. The molecule has 0 aliphatic carbocycles. The zero-order chi connectivity index (χ0) is 14.9. The van der Waals surface area contributed by atoms with Crippen molar-refractivity contribution < 1.29 is 9.32 Å². The number of anilines is 1. The SMILES string of the molecule is Cc1noc(C)c1C(C)NC(=O)c1cc(Br)ccc1N. The van der Waals surface area contributed by atoms with Gasteiger partial charge in [0.05, 0.1) is 17.3 Å². The summed E-state index contributed by atoms with van der Waals surface area (Å²) in [7, 11) is 0. The molecule has 20 heavy (non-hydrogen) atoms. The van der Waals surface area contributed by atoms with Gasteiger partial charge in [0.1, 0.15) is 5.76 Å². The highest BCUT2D eigenvalue weighted by atomic mass is 79.9. The van der Waals surface area contributed by atoms with Crippen molar-refractivity contribution in [2.45, 2.75) is 26.8 Å². The van der Waals surface area contributed by atoms with Crippen molar-refractivity contribution in [3.63, 3.8) is 0 Å². The fraction of sp³-hybridized carbons (Fsp3) is 0.286. The lowest BCUT2D eigenvalue weighted by atomic mass is 10.1. The molecule has 2 rings (SSSR count). The van der Waals surface area contributed by atoms with Crippen LogP contribution < -0.4 is 11.1 Å². The Labute approximate surface area is 125 Å². The molecular weight excluding hydrogens is 322 g/mol. The third-order valence-electron chi connectivity index (χ3n) is 3.13. The molecule has 1 atom stereocenters. The quantitative estimate of drug-likeness (QED) is 0.843. The van der Waals surface area contributed by atoms with Gasteiger partial charge in [0.25, 0.3) is 5.91 Å². The summed E-state index contributed by atoms with van der Waals surface area (Å²) in [5.74, 6) is 0.480. The van der Waals surface area contributed by atoms with Crippen molar-refractivity contribution >= 4 is 27.5 Å². The van der Waals surface area contributed by atoms with E-state index in [1.165, 1.54) is 0 Å². The number of amides is 1. The molecule has 2 aromatic rings. The lowest BCUT2D eigenvalue weighted by Crippen LogP contribution is -2.28. The fourth-order valence-electron chi connectivity index (χ4n) is 2.18. The average Bonchev–Trinajstić information content (AvgIpc) is 2.71. The predicted molar refractivity (Wildman–Crippen MR) is 80.4 cm³/mol. The van der Waals surface area contributed by atoms with Crippen molar-refractivity contribution in [1.29, 1.82) is 0 Å². The molecule has 106 valence electrons. The van der Waals surface area contributed by atoms with Gasteiger partial charge in [-0.3, -0.25) is 4.79 Å². The molecule has 1 aromatic carbocycles. The van der Waals surface area contributed by atoms with Gasteiger partial charge in [-0.1, -0.05) is 21.1 Å². The van der Waals surface area contributed by atoms with E-state index in [0.29, 0.717) is 17.0 Å². The Morgan fingerprint density at radius 2 is 2.15 bits per heavy atom. The minimum Gasteiger partial charge on any atom is -0.398 e. The Hall–Kier alpha value is -1.82. The van der Waals surface area contributed by atoms with Crippen LogP contribution in [0.2, 0.25) is 0 Å². The molecule has 0 spiro atoms. The van der Waals surface area contributed by atoms with Crippen LogP contribution in [0, 0.1) is 13.8 Å². The van der Waals surface area contributed by atoms with Crippen molar-refractivity contribution in [2.75, 3.05) is 5.73 Å². The topological polar surface area (TPSA) is 81.2 Å². The maximum absolute atomic E-state index is 12.3. The number of carbonyl (C=O) groups excluding carboxylic acids is 1. The Bertz CT molecular complexity index is 632. The molecule has 1 amide bonds. The molecule has 3 N–H and O–H groups in total. The minimum atomic E-state index is -0.226. The number of rotatable bonds is 3. The van der Waals surface area contributed by atoms with Crippen LogP contribution in [0.3, 0.4) is 0 Å². The van der Waals surface area contributed by atoms with Crippen LogP contribution in [0.4, 0.5) is 5.69 Å². The Balaban J connectivity index is 2.22. The van der Waals surface area contributed by atoms with Crippen LogP contribution in [0.15, 0.2) is 27.2 Å². The molecule has 0 aliphatic rings. The molecule has 0 bridgehead atoms. The van der Waals surface area contributed by atoms with Crippen LogP contribution in [0.25, 0.3) is 0 Å². The first-order chi connectivity index (χ1) is 9.40. The number of carbonyl (C=O) groups is 1. The van der Waals surface area contributed by atoms with Gasteiger partial charge in [0.2, 0.25) is 0 Å². The largest absolute Gasteiger partial charge is 0.398 e. The number of nitrogen functional groups attached to an aromatic ring is 1. The van der Waals surface area contributed by atoms with E-state index in [4.69, 9.17) is 10.3 Å². The van der Waals surface area contributed by atoms with Crippen molar-refractivity contribution in [1.82, 2.24) is 10.5 Å². The highest BCUT2D eigenvalue weighted by Crippen LogP contribution is 2.23. The van der Waals surface area contributed by atoms with Crippen LogP contribution in [0.5, 0.6) is 0 Å². The summed E-state index contributed by atoms with van der Waals surface area (Å²) < 4.78 is 5.92. The van der Waals surface area contributed by atoms with Gasteiger partial charge in [-0.15, -0.1) is 0 Å². The predicted octanol–water partition coefficient (Wildman–Crippen LogP) is 3.13. The lowest BCUT2D eigenvalue weighted by molar-refractivity contribution is 0.0940. The number of nitrogens with one attached hydrogen (secondary N) is 1. The summed E-state index contributed by atoms with van der Waals surface area (Å²) >= 11 is 3.33. The first kappa shape index (κ1) is 14.6.